The molecule has 1 aliphatic rings. The van der Waals surface area contributed by atoms with Crippen LogP contribution < -0.4 is 5.32 Å². The monoisotopic (exact) mass is 267 g/mol. The van der Waals surface area contributed by atoms with Crippen LogP contribution in [0.25, 0.3) is 0 Å². The van der Waals surface area contributed by atoms with Gasteiger partial charge in [-0.3, -0.25) is 0 Å². The summed E-state index contributed by atoms with van der Waals surface area (Å²) in [7, 11) is 0. The smallest absolute Gasteiger partial charge is 0.0588 e. The van der Waals surface area contributed by atoms with Crippen LogP contribution in [-0.2, 0) is 12.8 Å². The number of hydrogen-bond donors (Lipinski definition) is 2. The van der Waals surface area contributed by atoms with E-state index in [0.29, 0.717) is 6.04 Å². The molecule has 2 atom stereocenters. The summed E-state index contributed by atoms with van der Waals surface area (Å²) < 4.78 is 0. The topological polar surface area (TPSA) is 32.3 Å². The van der Waals surface area contributed by atoms with Gasteiger partial charge in [0, 0.05) is 12.1 Å². The molecular weight excluding hydrogens is 246 g/mol. The molecule has 0 spiro atoms. The number of aryl methyl sites for hydroxylation is 1. The number of aliphatic hydroxyl groups is 1. The van der Waals surface area contributed by atoms with Crippen molar-refractivity contribution in [3.8, 4) is 0 Å². The fourth-order valence-electron chi connectivity index (χ4n) is 3.09. The van der Waals surface area contributed by atoms with E-state index >= 15 is 0 Å². The maximum atomic E-state index is 9.63. The molecule has 2 aromatic rings. The molecule has 0 saturated heterocycles. The zero-order valence-electron chi connectivity index (χ0n) is 11.6. The maximum Gasteiger partial charge on any atom is 0.0588 e. The second kappa shape index (κ2) is 6.21. The minimum Gasteiger partial charge on any atom is -0.395 e. The summed E-state index contributed by atoms with van der Waals surface area (Å²) in [6.45, 7) is 0.174. The summed E-state index contributed by atoms with van der Waals surface area (Å²) in [6, 6.07) is 19.5. The number of aliphatic hydroxyl groups excluding tert-OH is 1. The third kappa shape index (κ3) is 2.92. The van der Waals surface area contributed by atoms with Gasteiger partial charge in [-0.15, -0.1) is 0 Å². The van der Waals surface area contributed by atoms with Crippen molar-refractivity contribution in [3.05, 3.63) is 71.3 Å². The van der Waals surface area contributed by atoms with E-state index in [1.807, 2.05) is 6.07 Å². The quantitative estimate of drug-likeness (QED) is 0.873. The summed E-state index contributed by atoms with van der Waals surface area (Å²) in [5, 5.41) is 13.3. The van der Waals surface area contributed by atoms with E-state index in [2.05, 4.69) is 53.8 Å². The third-order valence-corrected chi connectivity index (χ3v) is 4.12. The van der Waals surface area contributed by atoms with E-state index in [4.69, 9.17) is 0 Å². The molecule has 0 amide bonds. The van der Waals surface area contributed by atoms with Crippen LogP contribution in [0.4, 0.5) is 0 Å². The maximum absolute atomic E-state index is 9.63. The molecule has 2 heteroatoms. The van der Waals surface area contributed by atoms with E-state index in [0.717, 1.165) is 19.3 Å². The number of nitrogens with one attached hydrogen (secondary N) is 1. The lowest BCUT2D eigenvalue weighted by Gasteiger charge is -2.22. The Morgan fingerprint density at radius 1 is 1.05 bits per heavy atom. The highest BCUT2D eigenvalue weighted by Crippen LogP contribution is 2.31. The van der Waals surface area contributed by atoms with Crippen molar-refractivity contribution in [2.75, 3.05) is 6.61 Å². The van der Waals surface area contributed by atoms with Crippen molar-refractivity contribution in [2.24, 2.45) is 0 Å². The van der Waals surface area contributed by atoms with Gasteiger partial charge in [0.25, 0.3) is 0 Å². The van der Waals surface area contributed by atoms with E-state index in [9.17, 15) is 5.11 Å². The Labute approximate surface area is 120 Å². The first-order valence-electron chi connectivity index (χ1n) is 7.35. The SMILES string of the molecule is OC[C@@H](Cc1ccccc1)NC1CCc2ccccc21. The highest BCUT2D eigenvalue weighted by molar-refractivity contribution is 5.34. The summed E-state index contributed by atoms with van der Waals surface area (Å²) in [5.41, 5.74) is 4.12. The second-order valence-electron chi connectivity index (χ2n) is 5.53. The molecule has 2 N–H and O–H groups in total. The molecule has 0 bridgehead atoms. The molecule has 0 heterocycles. The highest BCUT2D eigenvalue weighted by atomic mass is 16.3. The lowest BCUT2D eigenvalue weighted by molar-refractivity contribution is 0.230. The van der Waals surface area contributed by atoms with Crippen LogP contribution in [0.5, 0.6) is 0 Å². The Morgan fingerprint density at radius 2 is 1.80 bits per heavy atom. The number of benzene rings is 2. The van der Waals surface area contributed by atoms with Crippen molar-refractivity contribution in [2.45, 2.75) is 31.3 Å². The molecule has 20 heavy (non-hydrogen) atoms. The van der Waals surface area contributed by atoms with E-state index in [-0.39, 0.29) is 12.6 Å². The number of hydrogen-bond acceptors (Lipinski definition) is 2. The minimum absolute atomic E-state index is 0.119. The molecule has 0 aliphatic heterocycles. The summed E-state index contributed by atoms with van der Waals surface area (Å²) >= 11 is 0. The van der Waals surface area contributed by atoms with E-state index in [1.54, 1.807) is 0 Å². The van der Waals surface area contributed by atoms with Crippen LogP contribution in [-0.4, -0.2) is 17.8 Å². The van der Waals surface area contributed by atoms with Gasteiger partial charge in [0.15, 0.2) is 0 Å². The summed E-state index contributed by atoms with van der Waals surface area (Å²) in [6.07, 6.45) is 3.14. The Hall–Kier alpha value is -1.64. The molecular formula is C18H21NO. The fraction of sp³-hybridized carbons (Fsp3) is 0.333. The van der Waals surface area contributed by atoms with Gasteiger partial charge in [0.2, 0.25) is 0 Å². The summed E-state index contributed by atoms with van der Waals surface area (Å²) in [5.74, 6) is 0. The van der Waals surface area contributed by atoms with Crippen molar-refractivity contribution in [1.29, 1.82) is 0 Å². The molecule has 1 aliphatic carbocycles. The first-order chi connectivity index (χ1) is 9.86. The average Bonchev–Trinajstić information content (AvgIpc) is 2.91. The van der Waals surface area contributed by atoms with Crippen LogP contribution in [0, 0.1) is 0 Å². The lowest BCUT2D eigenvalue weighted by atomic mass is 10.0. The molecule has 2 nitrogen and oxygen atoms in total. The Balaban J connectivity index is 1.67. The largest absolute Gasteiger partial charge is 0.395 e. The van der Waals surface area contributed by atoms with Gasteiger partial charge in [-0.05, 0) is 36.0 Å². The van der Waals surface area contributed by atoms with Crippen LogP contribution in [0.3, 0.4) is 0 Å². The van der Waals surface area contributed by atoms with Gasteiger partial charge >= 0.3 is 0 Å². The zero-order chi connectivity index (χ0) is 13.8. The lowest BCUT2D eigenvalue weighted by Crippen LogP contribution is -2.36. The number of fused-ring (bicyclic) bond motifs is 1. The Bertz CT molecular complexity index is 552. The second-order valence-corrected chi connectivity index (χ2v) is 5.53. The molecule has 2 aromatic carbocycles. The fourth-order valence-corrected chi connectivity index (χ4v) is 3.09. The third-order valence-electron chi connectivity index (χ3n) is 4.12. The predicted molar refractivity (Wildman–Crippen MR) is 81.7 cm³/mol. The molecule has 104 valence electrons. The Morgan fingerprint density at radius 3 is 2.60 bits per heavy atom. The van der Waals surface area contributed by atoms with Crippen molar-refractivity contribution in [1.82, 2.24) is 5.32 Å². The molecule has 0 fully saturated rings. The van der Waals surface area contributed by atoms with Crippen LogP contribution in [0.15, 0.2) is 54.6 Å². The van der Waals surface area contributed by atoms with E-state index < -0.39 is 0 Å². The molecule has 0 saturated carbocycles. The number of rotatable bonds is 5. The zero-order valence-corrected chi connectivity index (χ0v) is 11.6. The van der Waals surface area contributed by atoms with Gasteiger partial charge in [-0.2, -0.15) is 0 Å². The molecule has 3 rings (SSSR count). The molecule has 0 aromatic heterocycles. The van der Waals surface area contributed by atoms with Crippen LogP contribution in [0.2, 0.25) is 0 Å². The molecule has 0 radical (unpaired) electrons. The first kappa shape index (κ1) is 13.3. The van der Waals surface area contributed by atoms with Gasteiger partial charge < -0.3 is 10.4 Å². The van der Waals surface area contributed by atoms with Crippen molar-refractivity contribution < 1.29 is 5.11 Å². The van der Waals surface area contributed by atoms with Crippen molar-refractivity contribution in [3.63, 3.8) is 0 Å². The highest BCUT2D eigenvalue weighted by Gasteiger charge is 2.24. The first-order valence-corrected chi connectivity index (χ1v) is 7.35. The van der Waals surface area contributed by atoms with Gasteiger partial charge in [-0.1, -0.05) is 54.6 Å². The summed E-state index contributed by atoms with van der Waals surface area (Å²) in [4.78, 5) is 0. The van der Waals surface area contributed by atoms with Gasteiger partial charge in [0.05, 0.1) is 6.61 Å². The van der Waals surface area contributed by atoms with E-state index in [1.165, 1.54) is 16.7 Å². The average molecular weight is 267 g/mol. The standard InChI is InChI=1S/C18H21NO/c20-13-16(12-14-6-2-1-3-7-14)19-18-11-10-15-8-4-5-9-17(15)18/h1-9,16,18-20H,10-13H2/t16-,18?/m1/s1. The van der Waals surface area contributed by atoms with Crippen molar-refractivity contribution >= 4 is 0 Å². The Kier molecular flexibility index (Phi) is 4.14. The minimum atomic E-state index is 0.119. The normalized spacial score (nSPS) is 18.8. The van der Waals surface area contributed by atoms with Crippen LogP contribution >= 0.6 is 0 Å². The van der Waals surface area contributed by atoms with Crippen LogP contribution in [0.1, 0.15) is 29.2 Å². The predicted octanol–water partition coefficient (Wildman–Crippen LogP) is 2.87. The van der Waals surface area contributed by atoms with Gasteiger partial charge in [-0.25, -0.2) is 0 Å². The molecule has 1 unspecified atom stereocenters. The van der Waals surface area contributed by atoms with Gasteiger partial charge in [0.1, 0.15) is 0 Å².